The van der Waals surface area contributed by atoms with Gasteiger partial charge >= 0.3 is 0 Å². The molecule has 5 heteroatoms. The summed E-state index contributed by atoms with van der Waals surface area (Å²) in [6, 6.07) is 0.556. The van der Waals surface area contributed by atoms with Gasteiger partial charge in [-0.05, 0) is 18.9 Å². The van der Waals surface area contributed by atoms with Crippen molar-refractivity contribution < 1.29 is 5.11 Å². The number of hydrogen-bond donors (Lipinski definition) is 2. The van der Waals surface area contributed by atoms with E-state index in [0.717, 1.165) is 22.9 Å². The maximum absolute atomic E-state index is 9.21. The summed E-state index contributed by atoms with van der Waals surface area (Å²) in [4.78, 5) is 8.46. The van der Waals surface area contributed by atoms with Crippen LogP contribution < -0.4 is 5.32 Å². The Morgan fingerprint density at radius 1 is 1.35 bits per heavy atom. The zero-order valence-electron chi connectivity index (χ0n) is 10.7. The molecule has 4 nitrogen and oxygen atoms in total. The normalized spacial score (nSPS) is 13.0. The highest BCUT2D eigenvalue weighted by molar-refractivity contribution is 7.99. The molecule has 0 saturated carbocycles. The minimum Gasteiger partial charge on any atom is -0.395 e. The number of nitrogens with one attached hydrogen (secondary N) is 1. The lowest BCUT2D eigenvalue weighted by Crippen LogP contribution is -2.37. The van der Waals surface area contributed by atoms with Crippen LogP contribution in [0.25, 0.3) is 0 Å². The third-order valence-corrected chi connectivity index (χ3v) is 3.15. The van der Waals surface area contributed by atoms with E-state index < -0.39 is 0 Å². The molecular formula is C12H21N3OS. The molecule has 0 aliphatic rings. The molecule has 1 aromatic rings. The van der Waals surface area contributed by atoms with E-state index >= 15 is 0 Å². The van der Waals surface area contributed by atoms with E-state index in [1.165, 1.54) is 0 Å². The molecule has 1 heterocycles. The SMILES string of the molecule is Cc1cnc(SCCC(CO)NC(C)C)nc1. The molecule has 96 valence electrons. The summed E-state index contributed by atoms with van der Waals surface area (Å²) in [6.07, 6.45) is 4.56. The van der Waals surface area contributed by atoms with E-state index in [9.17, 15) is 5.11 Å². The highest BCUT2D eigenvalue weighted by Gasteiger charge is 2.08. The molecule has 1 aromatic heterocycles. The largest absolute Gasteiger partial charge is 0.395 e. The summed E-state index contributed by atoms with van der Waals surface area (Å²) in [5, 5.41) is 13.3. The van der Waals surface area contributed by atoms with Crippen molar-refractivity contribution in [2.24, 2.45) is 0 Å². The molecule has 2 N–H and O–H groups in total. The number of aryl methyl sites for hydroxylation is 1. The van der Waals surface area contributed by atoms with Crippen LogP contribution in [0.1, 0.15) is 25.8 Å². The Bertz CT molecular complexity index is 316. The van der Waals surface area contributed by atoms with E-state index in [4.69, 9.17) is 0 Å². The minimum atomic E-state index is 0.160. The summed E-state index contributed by atoms with van der Waals surface area (Å²) in [5.74, 6) is 0.911. The molecule has 0 aliphatic heterocycles. The van der Waals surface area contributed by atoms with Gasteiger partial charge in [0.05, 0.1) is 6.61 Å². The summed E-state index contributed by atoms with van der Waals surface area (Å²) in [7, 11) is 0. The summed E-state index contributed by atoms with van der Waals surface area (Å²) < 4.78 is 0. The Labute approximate surface area is 107 Å². The van der Waals surface area contributed by atoms with Crippen LogP contribution in [0.4, 0.5) is 0 Å². The standard InChI is InChI=1S/C12H21N3OS/c1-9(2)15-11(8-16)4-5-17-12-13-6-10(3)7-14-12/h6-7,9,11,15-16H,4-5,8H2,1-3H3. The van der Waals surface area contributed by atoms with E-state index in [2.05, 4.69) is 29.1 Å². The van der Waals surface area contributed by atoms with Crippen molar-refractivity contribution in [1.82, 2.24) is 15.3 Å². The van der Waals surface area contributed by atoms with E-state index in [0.29, 0.717) is 6.04 Å². The molecule has 0 radical (unpaired) electrons. The fraction of sp³-hybridized carbons (Fsp3) is 0.667. The van der Waals surface area contributed by atoms with Gasteiger partial charge in [-0.15, -0.1) is 0 Å². The minimum absolute atomic E-state index is 0.160. The Balaban J connectivity index is 2.28. The first-order valence-electron chi connectivity index (χ1n) is 5.90. The summed E-state index contributed by atoms with van der Waals surface area (Å²) in [6.45, 7) is 6.31. The third kappa shape index (κ3) is 6.00. The first-order chi connectivity index (χ1) is 8.11. The molecule has 0 aliphatic carbocycles. The van der Waals surface area contributed by atoms with Gasteiger partial charge in [-0.25, -0.2) is 9.97 Å². The van der Waals surface area contributed by atoms with Crippen molar-refractivity contribution >= 4 is 11.8 Å². The molecule has 0 saturated heterocycles. The monoisotopic (exact) mass is 255 g/mol. The predicted molar refractivity (Wildman–Crippen MR) is 71.3 cm³/mol. The lowest BCUT2D eigenvalue weighted by Gasteiger charge is -2.18. The van der Waals surface area contributed by atoms with Gasteiger partial charge in [0.2, 0.25) is 0 Å². The highest BCUT2D eigenvalue weighted by Crippen LogP contribution is 2.14. The van der Waals surface area contributed by atoms with Crippen molar-refractivity contribution in [2.75, 3.05) is 12.4 Å². The smallest absolute Gasteiger partial charge is 0.187 e. The van der Waals surface area contributed by atoms with Crippen LogP contribution in [-0.4, -0.2) is 39.5 Å². The number of aromatic nitrogens is 2. The Morgan fingerprint density at radius 3 is 2.53 bits per heavy atom. The molecule has 1 rings (SSSR count). The van der Waals surface area contributed by atoms with Crippen molar-refractivity contribution in [1.29, 1.82) is 0 Å². The zero-order chi connectivity index (χ0) is 12.7. The number of aliphatic hydroxyl groups is 1. The average molecular weight is 255 g/mol. The van der Waals surface area contributed by atoms with Gasteiger partial charge in [0.25, 0.3) is 0 Å². The Hall–Kier alpha value is -0.650. The second-order valence-corrected chi connectivity index (χ2v) is 5.44. The summed E-state index contributed by atoms with van der Waals surface area (Å²) in [5.41, 5.74) is 1.07. The molecule has 0 bridgehead atoms. The fourth-order valence-electron chi connectivity index (χ4n) is 1.45. The predicted octanol–water partition coefficient (Wildman–Crippen LogP) is 1.63. The summed E-state index contributed by atoms with van der Waals surface area (Å²) >= 11 is 1.63. The highest BCUT2D eigenvalue weighted by atomic mass is 32.2. The van der Waals surface area contributed by atoms with Crippen molar-refractivity contribution in [3.8, 4) is 0 Å². The zero-order valence-corrected chi connectivity index (χ0v) is 11.5. The third-order valence-electron chi connectivity index (χ3n) is 2.24. The second-order valence-electron chi connectivity index (χ2n) is 4.38. The van der Waals surface area contributed by atoms with Gasteiger partial charge in [0.1, 0.15) is 0 Å². The number of rotatable bonds is 7. The molecule has 0 amide bonds. The molecule has 0 fully saturated rings. The molecule has 17 heavy (non-hydrogen) atoms. The maximum atomic E-state index is 9.21. The number of thioether (sulfide) groups is 1. The quantitative estimate of drug-likeness (QED) is 0.573. The van der Waals surface area contributed by atoms with Gasteiger partial charge in [-0.1, -0.05) is 25.6 Å². The van der Waals surface area contributed by atoms with Crippen molar-refractivity contribution in [3.63, 3.8) is 0 Å². The van der Waals surface area contributed by atoms with Gasteiger partial charge < -0.3 is 10.4 Å². The van der Waals surface area contributed by atoms with E-state index in [-0.39, 0.29) is 12.6 Å². The number of aliphatic hydroxyl groups excluding tert-OH is 1. The van der Waals surface area contributed by atoms with Crippen LogP contribution in [-0.2, 0) is 0 Å². The second kappa shape index (κ2) is 7.63. The van der Waals surface area contributed by atoms with Crippen molar-refractivity contribution in [3.05, 3.63) is 18.0 Å². The van der Waals surface area contributed by atoms with Crippen molar-refractivity contribution in [2.45, 2.75) is 44.4 Å². The maximum Gasteiger partial charge on any atom is 0.187 e. The van der Waals surface area contributed by atoms with E-state index in [1.807, 2.05) is 19.3 Å². The molecule has 1 atom stereocenters. The lowest BCUT2D eigenvalue weighted by molar-refractivity contribution is 0.232. The van der Waals surface area contributed by atoms with Gasteiger partial charge in [0, 0.05) is 30.2 Å². The van der Waals surface area contributed by atoms with Gasteiger partial charge in [-0.2, -0.15) is 0 Å². The fourth-order valence-corrected chi connectivity index (χ4v) is 2.29. The topological polar surface area (TPSA) is 58.0 Å². The first-order valence-corrected chi connectivity index (χ1v) is 6.88. The Morgan fingerprint density at radius 2 is 2.00 bits per heavy atom. The van der Waals surface area contributed by atoms with Crippen LogP contribution in [0.15, 0.2) is 17.6 Å². The van der Waals surface area contributed by atoms with Gasteiger partial charge in [0.15, 0.2) is 5.16 Å². The average Bonchev–Trinajstić information content (AvgIpc) is 2.30. The van der Waals surface area contributed by atoms with Crippen LogP contribution in [0.3, 0.4) is 0 Å². The molecular weight excluding hydrogens is 234 g/mol. The Kier molecular flexibility index (Phi) is 6.47. The van der Waals surface area contributed by atoms with Crippen LogP contribution in [0.5, 0.6) is 0 Å². The molecule has 0 spiro atoms. The van der Waals surface area contributed by atoms with Gasteiger partial charge in [-0.3, -0.25) is 0 Å². The van der Waals surface area contributed by atoms with E-state index in [1.54, 1.807) is 11.8 Å². The lowest BCUT2D eigenvalue weighted by atomic mass is 10.2. The van der Waals surface area contributed by atoms with Crippen LogP contribution >= 0.6 is 11.8 Å². The molecule has 0 aromatic carbocycles. The number of hydrogen-bond acceptors (Lipinski definition) is 5. The van der Waals surface area contributed by atoms with Crippen LogP contribution in [0.2, 0.25) is 0 Å². The molecule has 1 unspecified atom stereocenters. The number of nitrogens with zero attached hydrogens (tertiary/aromatic N) is 2. The first kappa shape index (κ1) is 14.4. The van der Waals surface area contributed by atoms with Crippen LogP contribution in [0, 0.1) is 6.92 Å².